The van der Waals surface area contributed by atoms with Crippen molar-refractivity contribution in [2.75, 3.05) is 18.4 Å². The number of hydrogen-bond donors (Lipinski definition) is 1. The largest absolute Gasteiger partial charge is 0.444 e. The lowest BCUT2D eigenvalue weighted by Crippen LogP contribution is -2.41. The van der Waals surface area contributed by atoms with E-state index in [0.717, 1.165) is 32.4 Å². The zero-order valence-electron chi connectivity index (χ0n) is 16.7. The summed E-state index contributed by atoms with van der Waals surface area (Å²) in [6.45, 7) is 13.8. The summed E-state index contributed by atoms with van der Waals surface area (Å²) in [5, 5.41) is 3.50. The van der Waals surface area contributed by atoms with Crippen molar-refractivity contribution in [3.8, 4) is 0 Å². The minimum Gasteiger partial charge on any atom is -0.444 e. The molecule has 1 aliphatic rings. The van der Waals surface area contributed by atoms with Gasteiger partial charge in [-0.3, -0.25) is 0 Å². The van der Waals surface area contributed by atoms with Gasteiger partial charge in [0, 0.05) is 24.8 Å². The predicted octanol–water partition coefficient (Wildman–Crippen LogP) is 5.18. The fraction of sp³-hybridized carbons (Fsp3) is 0.667. The minimum absolute atomic E-state index is 0.183. The molecule has 0 spiro atoms. The second-order valence-corrected chi connectivity index (χ2v) is 8.31. The van der Waals surface area contributed by atoms with Gasteiger partial charge in [-0.2, -0.15) is 0 Å². The van der Waals surface area contributed by atoms with Gasteiger partial charge in [0.1, 0.15) is 5.60 Å². The maximum absolute atomic E-state index is 12.2. The van der Waals surface area contributed by atoms with Crippen LogP contribution in [-0.2, 0) is 11.2 Å². The molecule has 0 aliphatic carbocycles. The minimum atomic E-state index is -0.430. The SMILES string of the molecule is CCc1ccc(NC(C)C)cc1C1CCN(C(=O)OC(C)(C)C)CC1. The van der Waals surface area contributed by atoms with Gasteiger partial charge >= 0.3 is 6.09 Å². The number of ether oxygens (including phenoxy) is 1. The number of hydrogen-bond acceptors (Lipinski definition) is 3. The maximum atomic E-state index is 12.2. The molecule has 1 N–H and O–H groups in total. The molecule has 1 aliphatic heterocycles. The Labute approximate surface area is 152 Å². The van der Waals surface area contributed by atoms with Crippen molar-refractivity contribution < 1.29 is 9.53 Å². The van der Waals surface area contributed by atoms with Crippen LogP contribution in [0, 0.1) is 0 Å². The van der Waals surface area contributed by atoms with Gasteiger partial charge in [-0.25, -0.2) is 4.79 Å². The average Bonchev–Trinajstić information content (AvgIpc) is 2.53. The summed E-state index contributed by atoms with van der Waals surface area (Å²) in [6, 6.07) is 7.17. The van der Waals surface area contributed by atoms with E-state index >= 15 is 0 Å². The molecular formula is C21H34N2O2. The molecule has 0 bridgehead atoms. The number of benzene rings is 1. The van der Waals surface area contributed by atoms with Crippen LogP contribution in [0.4, 0.5) is 10.5 Å². The van der Waals surface area contributed by atoms with Crippen LogP contribution in [0.15, 0.2) is 18.2 Å². The summed E-state index contributed by atoms with van der Waals surface area (Å²) in [7, 11) is 0. The number of anilines is 1. The smallest absolute Gasteiger partial charge is 0.410 e. The van der Waals surface area contributed by atoms with E-state index in [4.69, 9.17) is 4.74 Å². The first-order valence-corrected chi connectivity index (χ1v) is 9.57. The van der Waals surface area contributed by atoms with Crippen molar-refractivity contribution in [2.24, 2.45) is 0 Å². The molecule has 2 rings (SSSR count). The molecule has 4 heteroatoms. The fourth-order valence-corrected chi connectivity index (χ4v) is 3.42. The number of nitrogens with zero attached hydrogens (tertiary/aromatic N) is 1. The molecule has 0 unspecified atom stereocenters. The lowest BCUT2D eigenvalue weighted by molar-refractivity contribution is 0.0204. The number of piperidine rings is 1. The van der Waals surface area contributed by atoms with Crippen LogP contribution in [0.25, 0.3) is 0 Å². The maximum Gasteiger partial charge on any atom is 0.410 e. The third kappa shape index (κ3) is 5.65. The van der Waals surface area contributed by atoms with E-state index in [1.165, 1.54) is 16.8 Å². The number of carbonyl (C=O) groups is 1. The molecule has 25 heavy (non-hydrogen) atoms. The summed E-state index contributed by atoms with van der Waals surface area (Å²) in [5.74, 6) is 0.516. The first-order chi connectivity index (χ1) is 11.7. The summed E-state index contributed by atoms with van der Waals surface area (Å²) in [5.41, 5.74) is 3.62. The molecule has 0 radical (unpaired) electrons. The Morgan fingerprint density at radius 3 is 2.44 bits per heavy atom. The van der Waals surface area contributed by atoms with Crippen molar-refractivity contribution in [1.82, 2.24) is 4.90 Å². The number of aryl methyl sites for hydroxylation is 1. The van der Waals surface area contributed by atoms with Crippen LogP contribution >= 0.6 is 0 Å². The van der Waals surface area contributed by atoms with Gasteiger partial charge in [0.05, 0.1) is 0 Å². The van der Waals surface area contributed by atoms with Crippen LogP contribution in [0.5, 0.6) is 0 Å². The van der Waals surface area contributed by atoms with Gasteiger partial charge < -0.3 is 15.0 Å². The van der Waals surface area contributed by atoms with E-state index in [9.17, 15) is 4.79 Å². The van der Waals surface area contributed by atoms with Gasteiger partial charge in [-0.05, 0) is 83.1 Å². The van der Waals surface area contributed by atoms with Gasteiger partial charge in [-0.15, -0.1) is 0 Å². The second kappa shape index (κ2) is 8.11. The highest BCUT2D eigenvalue weighted by Crippen LogP contribution is 2.33. The summed E-state index contributed by atoms with van der Waals surface area (Å²) in [4.78, 5) is 14.1. The third-order valence-electron chi connectivity index (χ3n) is 4.57. The van der Waals surface area contributed by atoms with Crippen molar-refractivity contribution >= 4 is 11.8 Å². The molecular weight excluding hydrogens is 312 g/mol. The Morgan fingerprint density at radius 1 is 1.28 bits per heavy atom. The zero-order valence-corrected chi connectivity index (χ0v) is 16.7. The quantitative estimate of drug-likeness (QED) is 0.816. The van der Waals surface area contributed by atoms with Crippen LogP contribution in [0.3, 0.4) is 0 Å². The first-order valence-electron chi connectivity index (χ1n) is 9.57. The molecule has 1 aromatic rings. The highest BCUT2D eigenvalue weighted by atomic mass is 16.6. The fourth-order valence-electron chi connectivity index (χ4n) is 3.42. The van der Waals surface area contributed by atoms with Gasteiger partial charge in [0.2, 0.25) is 0 Å². The molecule has 0 saturated carbocycles. The lowest BCUT2D eigenvalue weighted by Gasteiger charge is -2.34. The molecule has 1 aromatic carbocycles. The van der Waals surface area contributed by atoms with Gasteiger partial charge in [0.15, 0.2) is 0 Å². The molecule has 1 heterocycles. The monoisotopic (exact) mass is 346 g/mol. The zero-order chi connectivity index (χ0) is 18.6. The predicted molar refractivity (Wildman–Crippen MR) is 104 cm³/mol. The topological polar surface area (TPSA) is 41.6 Å². The van der Waals surface area contributed by atoms with Crippen molar-refractivity contribution in [2.45, 2.75) is 78.4 Å². The van der Waals surface area contributed by atoms with Crippen LogP contribution < -0.4 is 5.32 Å². The summed E-state index contributed by atoms with van der Waals surface area (Å²) >= 11 is 0. The molecule has 0 aromatic heterocycles. The Hall–Kier alpha value is -1.71. The number of amides is 1. The molecule has 1 saturated heterocycles. The number of rotatable bonds is 4. The van der Waals surface area contributed by atoms with E-state index < -0.39 is 5.60 Å². The highest BCUT2D eigenvalue weighted by molar-refractivity contribution is 5.68. The van der Waals surface area contributed by atoms with Crippen molar-refractivity contribution in [3.05, 3.63) is 29.3 Å². The van der Waals surface area contributed by atoms with Gasteiger partial charge in [-0.1, -0.05) is 13.0 Å². The average molecular weight is 347 g/mol. The second-order valence-electron chi connectivity index (χ2n) is 8.31. The van der Waals surface area contributed by atoms with E-state index in [1.54, 1.807) is 0 Å². The molecule has 1 amide bonds. The Balaban J connectivity index is 2.05. The first kappa shape index (κ1) is 19.6. The normalized spacial score (nSPS) is 16.2. The molecule has 1 fully saturated rings. The number of likely N-dealkylation sites (tertiary alicyclic amines) is 1. The lowest BCUT2D eigenvalue weighted by atomic mass is 9.85. The molecule has 140 valence electrons. The molecule has 0 atom stereocenters. The Kier molecular flexibility index (Phi) is 6.36. The Bertz CT molecular complexity index is 582. The number of nitrogens with one attached hydrogen (secondary N) is 1. The molecule has 4 nitrogen and oxygen atoms in total. The van der Waals surface area contributed by atoms with E-state index in [0.29, 0.717) is 12.0 Å². The summed E-state index contributed by atoms with van der Waals surface area (Å²) in [6.07, 6.45) is 2.86. The van der Waals surface area contributed by atoms with Crippen LogP contribution in [0.1, 0.15) is 71.4 Å². The van der Waals surface area contributed by atoms with E-state index in [-0.39, 0.29) is 6.09 Å². The van der Waals surface area contributed by atoms with Crippen LogP contribution in [-0.4, -0.2) is 35.7 Å². The number of carbonyl (C=O) groups excluding carboxylic acids is 1. The highest BCUT2D eigenvalue weighted by Gasteiger charge is 2.28. The van der Waals surface area contributed by atoms with Crippen molar-refractivity contribution in [3.63, 3.8) is 0 Å². The van der Waals surface area contributed by atoms with E-state index in [2.05, 4.69) is 44.3 Å². The third-order valence-corrected chi connectivity index (χ3v) is 4.57. The van der Waals surface area contributed by atoms with E-state index in [1.807, 2.05) is 25.7 Å². The Morgan fingerprint density at radius 2 is 1.92 bits per heavy atom. The summed E-state index contributed by atoms with van der Waals surface area (Å²) < 4.78 is 5.50. The van der Waals surface area contributed by atoms with Gasteiger partial charge in [0.25, 0.3) is 0 Å². The van der Waals surface area contributed by atoms with Crippen molar-refractivity contribution in [1.29, 1.82) is 0 Å². The standard InChI is InChI=1S/C21H34N2O2/c1-7-16-8-9-18(22-15(2)3)14-19(16)17-10-12-23(13-11-17)20(24)25-21(4,5)6/h8-9,14-15,17,22H,7,10-13H2,1-6H3. The van der Waals surface area contributed by atoms with Crippen LogP contribution in [0.2, 0.25) is 0 Å².